The molecule has 0 bridgehead atoms. The van der Waals surface area contributed by atoms with Crippen LogP contribution in [0.1, 0.15) is 122 Å². The molecule has 0 radical (unpaired) electrons. The van der Waals surface area contributed by atoms with Crippen molar-refractivity contribution in [3.8, 4) is 0 Å². The van der Waals surface area contributed by atoms with Crippen LogP contribution in [-0.2, 0) is 9.53 Å². The van der Waals surface area contributed by atoms with Crippen LogP contribution in [0.3, 0.4) is 0 Å². The Morgan fingerprint density at radius 3 is 1.46 bits per heavy atom. The zero-order chi connectivity index (χ0) is 18.9. The number of unbranched alkanes of at least 4 members (excludes halogenated alkanes) is 16. The van der Waals surface area contributed by atoms with Crippen molar-refractivity contribution in [2.75, 3.05) is 7.11 Å². The van der Waals surface area contributed by atoms with Crippen molar-refractivity contribution in [1.82, 2.24) is 0 Å². The third-order valence-electron chi connectivity index (χ3n) is 5.61. The summed E-state index contributed by atoms with van der Waals surface area (Å²) in [7, 11) is 1.49. The van der Waals surface area contributed by atoms with Gasteiger partial charge in [0.15, 0.2) is 0 Å². The van der Waals surface area contributed by atoms with E-state index in [0.29, 0.717) is 5.25 Å². The fraction of sp³-hybridized carbons (Fsp3) is 0.957. The van der Waals surface area contributed by atoms with E-state index in [-0.39, 0.29) is 11.2 Å². The molecule has 3 heteroatoms. The molecule has 0 aromatic heterocycles. The number of ether oxygens (including phenoxy) is 1. The molecule has 0 aliphatic carbocycles. The lowest BCUT2D eigenvalue weighted by Crippen LogP contribution is -2.10. The van der Waals surface area contributed by atoms with Gasteiger partial charge in [0.25, 0.3) is 0 Å². The minimum atomic E-state index is -0.0213. The zero-order valence-electron chi connectivity index (χ0n) is 17.6. The minimum Gasteiger partial charge on any atom is -0.468 e. The Kier molecular flexibility index (Phi) is 15.6. The summed E-state index contributed by atoms with van der Waals surface area (Å²) < 4.78 is 4.78. The highest BCUT2D eigenvalue weighted by molar-refractivity contribution is 8.08. The van der Waals surface area contributed by atoms with E-state index in [1.54, 1.807) is 11.8 Å². The first-order valence-corrected chi connectivity index (χ1v) is 12.5. The molecule has 0 amide bonds. The molecule has 1 fully saturated rings. The van der Waals surface area contributed by atoms with E-state index in [1.807, 2.05) is 0 Å². The molecular formula is C23H44O2S. The first-order chi connectivity index (χ1) is 12.8. The van der Waals surface area contributed by atoms with Crippen LogP contribution in [0, 0.1) is 0 Å². The second-order valence-electron chi connectivity index (χ2n) is 8.06. The van der Waals surface area contributed by atoms with Crippen LogP contribution in [0.4, 0.5) is 0 Å². The van der Waals surface area contributed by atoms with Gasteiger partial charge in [0.05, 0.1) is 7.11 Å². The predicted molar refractivity (Wildman–Crippen MR) is 116 cm³/mol. The fourth-order valence-corrected chi connectivity index (χ4v) is 4.80. The van der Waals surface area contributed by atoms with E-state index < -0.39 is 0 Å². The van der Waals surface area contributed by atoms with Gasteiger partial charge in [-0.25, -0.2) is 0 Å². The van der Waals surface area contributed by atoms with Crippen molar-refractivity contribution < 1.29 is 9.53 Å². The normalized spacial score (nSPS) is 18.8. The van der Waals surface area contributed by atoms with Gasteiger partial charge >= 0.3 is 5.97 Å². The molecule has 0 aromatic rings. The number of methoxy groups -OCH3 is 1. The molecule has 0 spiro atoms. The molecule has 0 aromatic carbocycles. The molecule has 1 rings (SSSR count). The summed E-state index contributed by atoms with van der Waals surface area (Å²) in [5, 5.41) is 0.708. The predicted octanol–water partition coefficient (Wildman–Crippen LogP) is 7.69. The molecule has 0 saturated carbocycles. The maximum atomic E-state index is 11.3. The molecule has 2 atom stereocenters. The quantitative estimate of drug-likeness (QED) is 0.130. The molecule has 1 heterocycles. The topological polar surface area (TPSA) is 26.3 Å². The lowest BCUT2D eigenvalue weighted by molar-refractivity contribution is -0.139. The molecule has 1 aliphatic heterocycles. The minimum absolute atomic E-state index is 0.0213. The van der Waals surface area contributed by atoms with Gasteiger partial charge in [0, 0.05) is 5.25 Å². The van der Waals surface area contributed by atoms with Crippen LogP contribution in [0.5, 0.6) is 0 Å². The number of carbonyl (C=O) groups is 1. The van der Waals surface area contributed by atoms with Crippen molar-refractivity contribution in [2.45, 2.75) is 133 Å². The summed E-state index contributed by atoms with van der Waals surface area (Å²) in [6.07, 6.45) is 25.3. The Balaban J connectivity index is 1.67. The van der Waals surface area contributed by atoms with Gasteiger partial charge in [-0.3, -0.25) is 4.79 Å². The SMILES string of the molecule is CCCCCCCCCCCCCCCCCCCC1SC1C(=O)OC. The Morgan fingerprint density at radius 2 is 1.08 bits per heavy atom. The zero-order valence-corrected chi connectivity index (χ0v) is 18.4. The first-order valence-electron chi connectivity index (χ1n) is 11.5. The summed E-state index contributed by atoms with van der Waals surface area (Å²) >= 11 is 1.78. The standard InChI is InChI=1S/C23H44O2S/c1-3-4-5-6-7-8-9-10-11-12-13-14-15-16-17-18-19-20-21-22(26-21)23(24)25-2/h21-22H,3-20H2,1-2H3. The fourth-order valence-electron chi connectivity index (χ4n) is 3.76. The first kappa shape index (κ1) is 23.9. The van der Waals surface area contributed by atoms with E-state index in [1.165, 1.54) is 123 Å². The molecule has 0 N–H and O–H groups in total. The second-order valence-corrected chi connectivity index (χ2v) is 9.45. The van der Waals surface area contributed by atoms with Crippen molar-refractivity contribution in [2.24, 2.45) is 0 Å². The summed E-state index contributed by atoms with van der Waals surface area (Å²) in [6.45, 7) is 2.29. The highest BCUT2D eigenvalue weighted by Crippen LogP contribution is 2.45. The lowest BCUT2D eigenvalue weighted by Gasteiger charge is -2.03. The van der Waals surface area contributed by atoms with E-state index >= 15 is 0 Å². The number of rotatable bonds is 19. The van der Waals surface area contributed by atoms with Gasteiger partial charge in [-0.2, -0.15) is 0 Å². The monoisotopic (exact) mass is 384 g/mol. The Morgan fingerprint density at radius 1 is 0.692 bits per heavy atom. The molecule has 154 valence electrons. The van der Waals surface area contributed by atoms with Crippen LogP contribution in [0.25, 0.3) is 0 Å². The Bertz CT molecular complexity index is 332. The van der Waals surface area contributed by atoms with Crippen molar-refractivity contribution in [1.29, 1.82) is 0 Å². The maximum Gasteiger partial charge on any atom is 0.319 e. The third-order valence-corrected chi connectivity index (χ3v) is 6.97. The highest BCUT2D eigenvalue weighted by atomic mass is 32.2. The van der Waals surface area contributed by atoms with Gasteiger partial charge in [0.2, 0.25) is 0 Å². The van der Waals surface area contributed by atoms with Gasteiger partial charge in [-0.05, 0) is 6.42 Å². The van der Waals surface area contributed by atoms with Crippen molar-refractivity contribution in [3.05, 3.63) is 0 Å². The number of carbonyl (C=O) groups excluding carboxylic acids is 1. The third kappa shape index (κ3) is 13.1. The van der Waals surface area contributed by atoms with E-state index in [9.17, 15) is 4.79 Å². The number of thioether (sulfide) groups is 1. The van der Waals surface area contributed by atoms with Gasteiger partial charge in [-0.1, -0.05) is 116 Å². The Labute approximate surface area is 167 Å². The highest BCUT2D eigenvalue weighted by Gasteiger charge is 2.44. The largest absolute Gasteiger partial charge is 0.468 e. The van der Waals surface area contributed by atoms with E-state index in [4.69, 9.17) is 4.74 Å². The van der Waals surface area contributed by atoms with Crippen molar-refractivity contribution in [3.63, 3.8) is 0 Å². The number of hydrogen-bond acceptors (Lipinski definition) is 3. The smallest absolute Gasteiger partial charge is 0.319 e. The second kappa shape index (κ2) is 17.0. The molecule has 1 saturated heterocycles. The average Bonchev–Trinajstić information content (AvgIpc) is 3.43. The maximum absolute atomic E-state index is 11.3. The molecular weight excluding hydrogens is 340 g/mol. The average molecular weight is 385 g/mol. The van der Waals surface area contributed by atoms with Gasteiger partial charge < -0.3 is 4.74 Å². The van der Waals surface area contributed by atoms with Gasteiger partial charge in [-0.15, -0.1) is 11.8 Å². The van der Waals surface area contributed by atoms with Crippen LogP contribution in [0.2, 0.25) is 0 Å². The summed E-state index contributed by atoms with van der Waals surface area (Å²) in [5.41, 5.74) is 0. The Hall–Kier alpha value is -0.180. The number of esters is 1. The summed E-state index contributed by atoms with van der Waals surface area (Å²) in [5.74, 6) is -0.0213. The molecule has 2 unspecified atom stereocenters. The lowest BCUT2D eigenvalue weighted by atomic mass is 10.0. The van der Waals surface area contributed by atoms with E-state index in [2.05, 4.69) is 6.92 Å². The van der Waals surface area contributed by atoms with Crippen LogP contribution in [0.15, 0.2) is 0 Å². The van der Waals surface area contributed by atoms with Crippen molar-refractivity contribution >= 4 is 17.7 Å². The molecule has 26 heavy (non-hydrogen) atoms. The summed E-state index contributed by atoms with van der Waals surface area (Å²) in [4.78, 5) is 11.3. The van der Waals surface area contributed by atoms with Crippen LogP contribution >= 0.6 is 11.8 Å². The molecule has 1 aliphatic rings. The molecule has 2 nitrogen and oxygen atoms in total. The summed E-state index contributed by atoms with van der Waals surface area (Å²) in [6, 6.07) is 0. The van der Waals surface area contributed by atoms with Crippen LogP contribution in [-0.4, -0.2) is 23.6 Å². The van der Waals surface area contributed by atoms with Gasteiger partial charge in [0.1, 0.15) is 5.25 Å². The van der Waals surface area contributed by atoms with E-state index in [0.717, 1.165) is 0 Å². The van der Waals surface area contributed by atoms with Crippen LogP contribution < -0.4 is 0 Å². The number of hydrogen-bond donors (Lipinski definition) is 0.